The number of rotatable bonds is 12. The quantitative estimate of drug-likeness (QED) is 0.222. The average Bonchev–Trinajstić information content (AvgIpc) is 2.92. The van der Waals surface area contributed by atoms with Crippen molar-refractivity contribution in [3.05, 3.63) is 83.2 Å². The van der Waals surface area contributed by atoms with Crippen molar-refractivity contribution in [3.63, 3.8) is 0 Å². The van der Waals surface area contributed by atoms with Gasteiger partial charge in [0.1, 0.15) is 29.3 Å². The van der Waals surface area contributed by atoms with Crippen LogP contribution in [-0.2, 0) is 26.3 Å². The second kappa shape index (κ2) is 12.3. The number of hydrogen-bond donors (Lipinski definition) is 2. The molecule has 3 aromatic rings. The normalized spacial score (nSPS) is 11.1. The predicted octanol–water partition coefficient (Wildman–Crippen LogP) is 3.26. The molecule has 3 aromatic carbocycles. The molecule has 0 aliphatic carbocycles. The van der Waals surface area contributed by atoms with Crippen LogP contribution in [0.2, 0.25) is 0 Å². The van der Waals surface area contributed by atoms with Crippen LogP contribution in [0.15, 0.2) is 60.7 Å². The van der Waals surface area contributed by atoms with E-state index in [1.165, 1.54) is 37.4 Å². The summed E-state index contributed by atoms with van der Waals surface area (Å²) in [4.78, 5) is 24.8. The van der Waals surface area contributed by atoms with Crippen LogP contribution in [0.3, 0.4) is 0 Å². The van der Waals surface area contributed by atoms with Crippen molar-refractivity contribution in [2.75, 3.05) is 34.2 Å². The van der Waals surface area contributed by atoms with Gasteiger partial charge in [0, 0.05) is 18.2 Å². The van der Waals surface area contributed by atoms with E-state index in [4.69, 9.17) is 18.9 Å². The van der Waals surface area contributed by atoms with Crippen LogP contribution in [0.25, 0.3) is 11.1 Å². The van der Waals surface area contributed by atoms with Crippen LogP contribution in [0.1, 0.15) is 21.5 Å². The van der Waals surface area contributed by atoms with Crippen LogP contribution < -0.4 is 9.47 Å². The van der Waals surface area contributed by atoms with E-state index in [0.29, 0.717) is 6.29 Å². The summed E-state index contributed by atoms with van der Waals surface area (Å²) in [5.41, 5.74) is -0.587. The fourth-order valence-electron chi connectivity index (χ4n) is 3.74. The second-order valence-electron chi connectivity index (χ2n) is 7.92. The highest BCUT2D eigenvalue weighted by Gasteiger charge is 2.42. The molecule has 0 amide bonds. The molecule has 0 aromatic heterocycles. The Labute approximate surface area is 207 Å². The van der Waals surface area contributed by atoms with Crippen molar-refractivity contribution >= 4 is 12.3 Å². The molecule has 0 aliphatic heterocycles. The summed E-state index contributed by atoms with van der Waals surface area (Å²) in [6.07, 6.45) is 0.513. The maximum Gasteiger partial charge on any atom is 0.321 e. The molecule has 0 bridgehead atoms. The maximum atomic E-state index is 14.4. The lowest BCUT2D eigenvalue weighted by Crippen LogP contribution is -2.44. The van der Waals surface area contributed by atoms with E-state index >= 15 is 0 Å². The van der Waals surface area contributed by atoms with Gasteiger partial charge in [0.25, 0.3) is 0 Å². The number of ether oxygens (including phenoxy) is 4. The van der Waals surface area contributed by atoms with Gasteiger partial charge in [0.15, 0.2) is 13.1 Å². The van der Waals surface area contributed by atoms with Crippen LogP contribution in [0.5, 0.6) is 11.5 Å². The van der Waals surface area contributed by atoms with E-state index < -0.39 is 30.4 Å². The van der Waals surface area contributed by atoms with Crippen molar-refractivity contribution in [1.82, 2.24) is 0 Å². The van der Waals surface area contributed by atoms with E-state index in [0.717, 1.165) is 12.7 Å². The molecule has 0 atom stereocenters. The Morgan fingerprint density at radius 2 is 1.69 bits per heavy atom. The molecule has 0 aliphatic rings. The lowest BCUT2D eigenvalue weighted by Gasteiger charge is -2.29. The molecule has 36 heavy (non-hydrogen) atoms. The Morgan fingerprint density at radius 3 is 2.31 bits per heavy atom. The van der Waals surface area contributed by atoms with E-state index in [1.54, 1.807) is 0 Å². The van der Waals surface area contributed by atoms with E-state index in [-0.39, 0.29) is 47.2 Å². The molecular formula is C27H27FO8. The van der Waals surface area contributed by atoms with Gasteiger partial charge in [0.05, 0.1) is 25.9 Å². The number of halogens is 1. The van der Waals surface area contributed by atoms with Crippen molar-refractivity contribution in [1.29, 1.82) is 0 Å². The topological polar surface area (TPSA) is 112 Å². The standard InChI is InChI=1S/C27H27FO8/c1-33-17-36-24-9-8-21(28)12-22(24)23-11-20(27(15-30,16-31)26(32)34-2)10-19(13-29)25(23)35-14-18-6-4-3-5-7-18/h3-13,30-31H,14-17H2,1-2H3. The smallest absolute Gasteiger partial charge is 0.321 e. The fourth-order valence-corrected chi connectivity index (χ4v) is 3.74. The summed E-state index contributed by atoms with van der Waals surface area (Å²) in [5.74, 6) is -1.19. The summed E-state index contributed by atoms with van der Waals surface area (Å²) in [5, 5.41) is 20.2. The first-order chi connectivity index (χ1) is 17.4. The molecule has 0 radical (unpaired) electrons. The van der Waals surface area contributed by atoms with E-state index in [2.05, 4.69) is 0 Å². The number of benzene rings is 3. The minimum absolute atomic E-state index is 0.00978. The van der Waals surface area contributed by atoms with Crippen LogP contribution in [-0.4, -0.2) is 56.7 Å². The summed E-state index contributed by atoms with van der Waals surface area (Å²) >= 11 is 0. The molecule has 0 heterocycles. The SMILES string of the molecule is COCOc1ccc(F)cc1-c1cc(C(CO)(CO)C(=O)OC)cc(C=O)c1OCc1ccccc1. The molecule has 0 fully saturated rings. The summed E-state index contributed by atoms with van der Waals surface area (Å²) in [6.45, 7) is -1.68. The first-order valence-corrected chi connectivity index (χ1v) is 11.0. The monoisotopic (exact) mass is 498 g/mol. The van der Waals surface area contributed by atoms with Gasteiger partial charge >= 0.3 is 5.97 Å². The van der Waals surface area contributed by atoms with Crippen molar-refractivity contribution in [3.8, 4) is 22.6 Å². The molecule has 9 heteroatoms. The zero-order valence-corrected chi connectivity index (χ0v) is 19.9. The zero-order valence-electron chi connectivity index (χ0n) is 19.9. The number of aliphatic hydroxyl groups excluding tert-OH is 2. The minimum atomic E-state index is -1.89. The third kappa shape index (κ3) is 5.54. The van der Waals surface area contributed by atoms with Crippen LogP contribution in [0.4, 0.5) is 4.39 Å². The maximum absolute atomic E-state index is 14.4. The Bertz CT molecular complexity index is 1190. The Morgan fingerprint density at radius 1 is 0.972 bits per heavy atom. The number of carbonyl (C=O) groups is 2. The Kier molecular flexibility index (Phi) is 9.13. The number of aliphatic hydroxyl groups is 2. The Balaban J connectivity index is 2.29. The van der Waals surface area contributed by atoms with Crippen LogP contribution in [0, 0.1) is 5.82 Å². The van der Waals surface area contributed by atoms with Gasteiger partial charge in [-0.2, -0.15) is 0 Å². The molecule has 0 saturated carbocycles. The summed E-state index contributed by atoms with van der Waals surface area (Å²) in [7, 11) is 2.54. The van der Waals surface area contributed by atoms with Gasteiger partial charge in [-0.15, -0.1) is 0 Å². The highest BCUT2D eigenvalue weighted by molar-refractivity contribution is 5.91. The van der Waals surface area contributed by atoms with Crippen LogP contribution >= 0.6 is 0 Å². The highest BCUT2D eigenvalue weighted by Crippen LogP contribution is 2.42. The zero-order chi connectivity index (χ0) is 26.1. The molecule has 0 unspecified atom stereocenters. The number of carbonyl (C=O) groups excluding carboxylic acids is 2. The lowest BCUT2D eigenvalue weighted by molar-refractivity contribution is -0.151. The van der Waals surface area contributed by atoms with Gasteiger partial charge in [-0.25, -0.2) is 4.39 Å². The largest absolute Gasteiger partial charge is 0.488 e. The van der Waals surface area contributed by atoms with Gasteiger partial charge in [-0.05, 0) is 41.5 Å². The lowest BCUT2D eigenvalue weighted by atomic mass is 9.79. The molecule has 2 N–H and O–H groups in total. The van der Waals surface area contributed by atoms with Gasteiger partial charge in [-0.1, -0.05) is 30.3 Å². The van der Waals surface area contributed by atoms with Gasteiger partial charge in [-0.3, -0.25) is 9.59 Å². The van der Waals surface area contributed by atoms with Crippen molar-refractivity contribution in [2.45, 2.75) is 12.0 Å². The Hall–Kier alpha value is -3.79. The number of aldehydes is 1. The summed E-state index contributed by atoms with van der Waals surface area (Å²) in [6, 6.07) is 15.7. The van der Waals surface area contributed by atoms with E-state index in [9.17, 15) is 24.2 Å². The number of esters is 1. The third-order valence-electron chi connectivity index (χ3n) is 5.70. The van der Waals surface area contributed by atoms with E-state index in [1.807, 2.05) is 30.3 Å². The summed E-state index contributed by atoms with van der Waals surface area (Å²) < 4.78 is 35.9. The molecule has 8 nitrogen and oxygen atoms in total. The predicted molar refractivity (Wildman–Crippen MR) is 128 cm³/mol. The first kappa shape index (κ1) is 26.8. The van der Waals surface area contributed by atoms with Crippen molar-refractivity contribution in [2.24, 2.45) is 0 Å². The third-order valence-corrected chi connectivity index (χ3v) is 5.70. The molecule has 190 valence electrons. The molecular weight excluding hydrogens is 471 g/mol. The molecule has 0 spiro atoms. The minimum Gasteiger partial charge on any atom is -0.488 e. The van der Waals surface area contributed by atoms with Gasteiger partial charge in [0.2, 0.25) is 0 Å². The average molecular weight is 499 g/mol. The number of methoxy groups -OCH3 is 2. The van der Waals surface area contributed by atoms with Gasteiger partial charge < -0.3 is 29.2 Å². The molecule has 3 rings (SSSR count). The first-order valence-electron chi connectivity index (χ1n) is 11.0. The molecule has 0 saturated heterocycles. The second-order valence-corrected chi connectivity index (χ2v) is 7.92. The number of hydrogen-bond acceptors (Lipinski definition) is 8. The fraction of sp³-hybridized carbons (Fsp3) is 0.259. The van der Waals surface area contributed by atoms with Crippen molar-refractivity contribution < 1.29 is 43.1 Å². The highest BCUT2D eigenvalue weighted by atomic mass is 19.1.